The second-order valence-electron chi connectivity index (χ2n) is 6.22. The minimum absolute atomic E-state index is 0.388. The van der Waals surface area contributed by atoms with Crippen LogP contribution in [0.1, 0.15) is 31.2 Å². The highest BCUT2D eigenvalue weighted by molar-refractivity contribution is 5.94. The Kier molecular flexibility index (Phi) is 3.44. The van der Waals surface area contributed by atoms with Crippen LogP contribution in [0.3, 0.4) is 0 Å². The van der Waals surface area contributed by atoms with Gasteiger partial charge in [-0.15, -0.1) is 0 Å². The zero-order valence-electron chi connectivity index (χ0n) is 12.5. The number of para-hydroxylation sites is 1. The van der Waals surface area contributed by atoms with E-state index in [1.807, 2.05) is 24.3 Å². The lowest BCUT2D eigenvalue weighted by Crippen LogP contribution is -2.38. The first-order valence-electron chi connectivity index (χ1n) is 8.03. The van der Waals surface area contributed by atoms with Crippen molar-refractivity contribution in [3.8, 4) is 6.07 Å². The Morgan fingerprint density at radius 2 is 2.14 bits per heavy atom. The summed E-state index contributed by atoms with van der Waals surface area (Å²) in [6.45, 7) is 0.871. The SMILES string of the molecule is N#Cc1cnc2ccccc2c1NC1CCCC2OCCC12. The number of anilines is 1. The Morgan fingerprint density at radius 3 is 3.05 bits per heavy atom. The lowest BCUT2D eigenvalue weighted by molar-refractivity contribution is 0.0620. The summed E-state index contributed by atoms with van der Waals surface area (Å²) in [6.07, 6.45) is 6.69. The molecule has 2 heterocycles. The minimum Gasteiger partial charge on any atom is -0.380 e. The highest BCUT2D eigenvalue weighted by Gasteiger charge is 2.37. The van der Waals surface area contributed by atoms with E-state index in [-0.39, 0.29) is 0 Å². The third kappa shape index (κ3) is 2.22. The van der Waals surface area contributed by atoms with Crippen LogP contribution in [0.4, 0.5) is 5.69 Å². The zero-order valence-corrected chi connectivity index (χ0v) is 12.5. The van der Waals surface area contributed by atoms with E-state index < -0.39 is 0 Å². The zero-order chi connectivity index (χ0) is 14.9. The quantitative estimate of drug-likeness (QED) is 0.921. The number of ether oxygens (including phenoxy) is 1. The lowest BCUT2D eigenvalue weighted by Gasteiger charge is -2.34. The van der Waals surface area contributed by atoms with E-state index in [2.05, 4.69) is 16.4 Å². The minimum atomic E-state index is 0.388. The van der Waals surface area contributed by atoms with Crippen LogP contribution in [0.2, 0.25) is 0 Å². The van der Waals surface area contributed by atoms with Crippen LogP contribution in [0.15, 0.2) is 30.5 Å². The molecule has 1 aromatic heterocycles. The van der Waals surface area contributed by atoms with Gasteiger partial charge in [-0.05, 0) is 31.7 Å². The van der Waals surface area contributed by atoms with E-state index in [4.69, 9.17) is 4.74 Å². The van der Waals surface area contributed by atoms with Crippen molar-refractivity contribution >= 4 is 16.6 Å². The number of pyridine rings is 1. The van der Waals surface area contributed by atoms with Crippen molar-refractivity contribution in [1.82, 2.24) is 4.98 Å². The molecule has 1 N–H and O–H groups in total. The van der Waals surface area contributed by atoms with E-state index in [9.17, 15) is 5.26 Å². The third-order valence-corrected chi connectivity index (χ3v) is 5.01. The van der Waals surface area contributed by atoms with Crippen LogP contribution in [-0.4, -0.2) is 23.7 Å². The molecule has 1 saturated heterocycles. The predicted octanol–water partition coefficient (Wildman–Crippen LogP) is 3.48. The van der Waals surface area contributed by atoms with Crippen molar-refractivity contribution in [2.24, 2.45) is 5.92 Å². The van der Waals surface area contributed by atoms with Crippen molar-refractivity contribution in [2.45, 2.75) is 37.8 Å². The molecule has 0 amide bonds. The Morgan fingerprint density at radius 1 is 1.23 bits per heavy atom. The highest BCUT2D eigenvalue weighted by atomic mass is 16.5. The third-order valence-electron chi connectivity index (χ3n) is 5.01. The van der Waals surface area contributed by atoms with E-state index >= 15 is 0 Å². The Bertz CT molecular complexity index is 737. The van der Waals surface area contributed by atoms with Crippen molar-refractivity contribution in [1.29, 1.82) is 5.26 Å². The van der Waals surface area contributed by atoms with E-state index in [1.54, 1.807) is 6.20 Å². The first-order valence-corrected chi connectivity index (χ1v) is 8.03. The smallest absolute Gasteiger partial charge is 0.103 e. The van der Waals surface area contributed by atoms with Crippen LogP contribution in [0.5, 0.6) is 0 Å². The molecule has 0 spiro atoms. The topological polar surface area (TPSA) is 57.9 Å². The molecule has 3 unspecified atom stereocenters. The average Bonchev–Trinajstić information content (AvgIpc) is 3.05. The van der Waals surface area contributed by atoms with Crippen LogP contribution >= 0.6 is 0 Å². The molecule has 1 aliphatic carbocycles. The summed E-state index contributed by atoms with van der Waals surface area (Å²) < 4.78 is 5.85. The van der Waals surface area contributed by atoms with Crippen molar-refractivity contribution in [2.75, 3.05) is 11.9 Å². The summed E-state index contributed by atoms with van der Waals surface area (Å²) in [6, 6.07) is 10.7. The van der Waals surface area contributed by atoms with Gasteiger partial charge in [-0.1, -0.05) is 18.2 Å². The standard InChI is InChI=1S/C18H19N3O/c19-10-12-11-20-15-5-2-1-4-14(15)18(12)21-16-6-3-7-17-13(16)8-9-22-17/h1-2,4-5,11,13,16-17H,3,6-9H2,(H,20,21). The summed E-state index contributed by atoms with van der Waals surface area (Å²) in [5.41, 5.74) is 2.49. The molecule has 4 rings (SSSR count). The number of nitrogens with one attached hydrogen (secondary N) is 1. The normalized spacial score (nSPS) is 27.3. The summed E-state index contributed by atoms with van der Waals surface area (Å²) in [5, 5.41) is 14.1. The van der Waals surface area contributed by atoms with Crippen LogP contribution in [-0.2, 0) is 4.74 Å². The monoisotopic (exact) mass is 293 g/mol. The fraction of sp³-hybridized carbons (Fsp3) is 0.444. The fourth-order valence-corrected chi connectivity index (χ4v) is 3.92. The molecule has 1 saturated carbocycles. The van der Waals surface area contributed by atoms with Gasteiger partial charge in [-0.2, -0.15) is 5.26 Å². The summed E-state index contributed by atoms with van der Waals surface area (Å²) >= 11 is 0. The lowest BCUT2D eigenvalue weighted by atomic mass is 9.81. The van der Waals surface area contributed by atoms with Crippen molar-refractivity contribution in [3.63, 3.8) is 0 Å². The average molecular weight is 293 g/mol. The van der Waals surface area contributed by atoms with Gasteiger partial charge in [0, 0.05) is 30.1 Å². The van der Waals surface area contributed by atoms with Gasteiger partial charge in [0.1, 0.15) is 6.07 Å². The molecule has 0 radical (unpaired) electrons. The first kappa shape index (κ1) is 13.5. The molecule has 22 heavy (non-hydrogen) atoms. The number of benzene rings is 1. The second kappa shape index (κ2) is 5.58. The molecular weight excluding hydrogens is 274 g/mol. The largest absolute Gasteiger partial charge is 0.380 e. The first-order chi connectivity index (χ1) is 10.9. The molecular formula is C18H19N3O. The molecule has 2 aromatic rings. The van der Waals surface area contributed by atoms with Gasteiger partial charge in [0.2, 0.25) is 0 Å². The summed E-state index contributed by atoms with van der Waals surface area (Å²) in [4.78, 5) is 4.39. The van der Waals surface area contributed by atoms with Gasteiger partial charge in [0.25, 0.3) is 0 Å². The van der Waals surface area contributed by atoms with E-state index in [0.717, 1.165) is 36.0 Å². The van der Waals surface area contributed by atoms with Gasteiger partial charge < -0.3 is 10.1 Å². The molecule has 4 heteroatoms. The number of aromatic nitrogens is 1. The maximum Gasteiger partial charge on any atom is 0.103 e. The fourth-order valence-electron chi connectivity index (χ4n) is 3.92. The van der Waals surface area contributed by atoms with Gasteiger partial charge in [-0.3, -0.25) is 4.98 Å². The van der Waals surface area contributed by atoms with Crippen LogP contribution in [0.25, 0.3) is 10.9 Å². The maximum absolute atomic E-state index is 9.44. The van der Waals surface area contributed by atoms with Crippen molar-refractivity contribution < 1.29 is 4.74 Å². The molecule has 0 bridgehead atoms. The van der Waals surface area contributed by atoms with E-state index in [0.29, 0.717) is 23.6 Å². The number of nitrogens with zero attached hydrogens (tertiary/aromatic N) is 2. The van der Waals surface area contributed by atoms with E-state index in [1.165, 1.54) is 12.8 Å². The van der Waals surface area contributed by atoms with Gasteiger partial charge in [0.15, 0.2) is 0 Å². The molecule has 3 atom stereocenters. The molecule has 112 valence electrons. The number of hydrogen-bond acceptors (Lipinski definition) is 4. The molecule has 2 fully saturated rings. The molecule has 1 aliphatic heterocycles. The maximum atomic E-state index is 9.44. The second-order valence-corrected chi connectivity index (χ2v) is 6.22. The predicted molar refractivity (Wildman–Crippen MR) is 85.6 cm³/mol. The Balaban J connectivity index is 1.73. The van der Waals surface area contributed by atoms with Gasteiger partial charge in [0.05, 0.1) is 22.9 Å². The summed E-state index contributed by atoms with van der Waals surface area (Å²) in [7, 11) is 0. The highest BCUT2D eigenvalue weighted by Crippen LogP contribution is 2.37. The number of fused-ring (bicyclic) bond motifs is 2. The summed E-state index contributed by atoms with van der Waals surface area (Å²) in [5.74, 6) is 0.562. The Labute approximate surface area is 130 Å². The molecule has 4 nitrogen and oxygen atoms in total. The van der Waals surface area contributed by atoms with Gasteiger partial charge >= 0.3 is 0 Å². The molecule has 1 aromatic carbocycles. The Hall–Kier alpha value is -2.12. The van der Waals surface area contributed by atoms with Crippen LogP contribution < -0.4 is 5.32 Å². The van der Waals surface area contributed by atoms with Crippen LogP contribution in [0, 0.1) is 17.2 Å². The van der Waals surface area contributed by atoms with Gasteiger partial charge in [-0.25, -0.2) is 0 Å². The van der Waals surface area contributed by atoms with Crippen molar-refractivity contribution in [3.05, 3.63) is 36.0 Å². The molecule has 2 aliphatic rings. The number of rotatable bonds is 2. The number of hydrogen-bond donors (Lipinski definition) is 1. The number of nitriles is 1.